The fourth-order valence-electron chi connectivity index (χ4n) is 1.64. The maximum Gasteiger partial charge on any atom is 0.101 e. The Morgan fingerprint density at radius 1 is 0.423 bits per heavy atom. The minimum absolute atomic E-state index is 0.488. The fourth-order valence-corrected chi connectivity index (χ4v) is 1.64. The summed E-state index contributed by atoms with van der Waals surface area (Å²) in [5, 5.41) is 0. The maximum absolute atomic E-state index is 5.48. The summed E-state index contributed by atoms with van der Waals surface area (Å²) >= 11 is 0. The highest BCUT2D eigenvalue weighted by Gasteiger charge is 1.99. The van der Waals surface area contributed by atoms with Gasteiger partial charge >= 0.3 is 0 Å². The Labute approximate surface area is 157 Å². The van der Waals surface area contributed by atoms with Gasteiger partial charge < -0.3 is 37.9 Å². The summed E-state index contributed by atoms with van der Waals surface area (Å²) in [6.45, 7) is 7.78. The van der Waals surface area contributed by atoms with Crippen molar-refractivity contribution in [3.05, 3.63) is 0 Å². The molecule has 0 aromatic rings. The van der Waals surface area contributed by atoms with Gasteiger partial charge in [0, 0.05) is 14.2 Å². The molecule has 0 aliphatic heterocycles. The zero-order valence-corrected chi connectivity index (χ0v) is 16.6. The first-order chi connectivity index (χ1) is 12.8. The molecular formula is C17H37NO8. The first kappa shape index (κ1) is 25.6. The van der Waals surface area contributed by atoms with Gasteiger partial charge in [-0.15, -0.1) is 0 Å². The van der Waals surface area contributed by atoms with E-state index < -0.39 is 0 Å². The molecule has 0 radical (unpaired) electrons. The molecule has 9 nitrogen and oxygen atoms in total. The van der Waals surface area contributed by atoms with Crippen molar-refractivity contribution < 1.29 is 37.9 Å². The van der Waals surface area contributed by atoms with Crippen molar-refractivity contribution in [3.8, 4) is 0 Å². The van der Waals surface area contributed by atoms with E-state index in [1.807, 2.05) is 11.9 Å². The molecule has 0 aromatic heterocycles. The van der Waals surface area contributed by atoms with Crippen LogP contribution in [0.5, 0.6) is 0 Å². The van der Waals surface area contributed by atoms with Crippen LogP contribution in [-0.2, 0) is 37.9 Å². The molecule has 0 saturated heterocycles. The molecule has 0 heterocycles. The summed E-state index contributed by atoms with van der Waals surface area (Å²) in [7, 11) is 5.22. The van der Waals surface area contributed by atoms with E-state index in [4.69, 9.17) is 37.9 Å². The number of hydrogen-bond donors (Lipinski definition) is 0. The van der Waals surface area contributed by atoms with Crippen LogP contribution in [0.15, 0.2) is 0 Å². The van der Waals surface area contributed by atoms with E-state index in [1.165, 1.54) is 0 Å². The molecule has 0 spiro atoms. The highest BCUT2D eigenvalue weighted by atomic mass is 16.6. The van der Waals surface area contributed by atoms with Crippen LogP contribution in [0.2, 0.25) is 0 Å². The molecule has 0 aromatic carbocycles. The van der Waals surface area contributed by atoms with Gasteiger partial charge in [-0.2, -0.15) is 0 Å². The third-order valence-electron chi connectivity index (χ3n) is 2.97. The van der Waals surface area contributed by atoms with Gasteiger partial charge in [0.1, 0.15) is 13.5 Å². The standard InChI is InChI=1S/C17H37NO8/c1-18(16-25-14-12-23-10-8-21-6-4-19-2)17-26-15-13-24-11-9-22-7-5-20-3/h4-17H2,1-3H3. The summed E-state index contributed by atoms with van der Waals surface area (Å²) in [5.74, 6) is 0. The Hall–Kier alpha value is -0.360. The van der Waals surface area contributed by atoms with E-state index in [1.54, 1.807) is 14.2 Å². The molecule has 0 N–H and O–H groups in total. The summed E-state index contributed by atoms with van der Waals surface area (Å²) in [5.41, 5.74) is 0. The molecule has 0 fully saturated rings. The Kier molecular flexibility index (Phi) is 22.4. The van der Waals surface area contributed by atoms with Crippen molar-refractivity contribution in [2.75, 3.05) is 114 Å². The number of nitrogens with zero attached hydrogens (tertiary/aromatic N) is 1. The molecule has 158 valence electrons. The Morgan fingerprint density at radius 3 is 1.00 bits per heavy atom. The van der Waals surface area contributed by atoms with Gasteiger partial charge in [0.05, 0.1) is 79.3 Å². The molecule has 0 atom stereocenters. The molecule has 0 rings (SSSR count). The van der Waals surface area contributed by atoms with Gasteiger partial charge in [-0.3, -0.25) is 4.90 Å². The fraction of sp³-hybridized carbons (Fsp3) is 1.00. The largest absolute Gasteiger partial charge is 0.382 e. The van der Waals surface area contributed by atoms with E-state index >= 15 is 0 Å². The number of methoxy groups -OCH3 is 2. The van der Waals surface area contributed by atoms with E-state index in [9.17, 15) is 0 Å². The van der Waals surface area contributed by atoms with Gasteiger partial charge in [-0.1, -0.05) is 0 Å². The summed E-state index contributed by atoms with van der Waals surface area (Å²) in [4.78, 5) is 1.93. The molecule has 0 unspecified atom stereocenters. The lowest BCUT2D eigenvalue weighted by Crippen LogP contribution is -2.26. The van der Waals surface area contributed by atoms with Crippen molar-refractivity contribution >= 4 is 0 Å². The first-order valence-corrected chi connectivity index (χ1v) is 8.94. The van der Waals surface area contributed by atoms with E-state index in [2.05, 4.69) is 0 Å². The number of hydrogen-bond acceptors (Lipinski definition) is 9. The molecular weight excluding hydrogens is 346 g/mol. The Bertz CT molecular complexity index is 237. The molecule has 0 bridgehead atoms. The summed E-state index contributed by atoms with van der Waals surface area (Å²) < 4.78 is 42.1. The van der Waals surface area contributed by atoms with Crippen LogP contribution in [0.4, 0.5) is 0 Å². The second-order valence-electron chi connectivity index (χ2n) is 5.37. The van der Waals surface area contributed by atoms with Crippen LogP contribution in [0.1, 0.15) is 0 Å². The first-order valence-electron chi connectivity index (χ1n) is 8.94. The molecule has 9 heteroatoms. The van der Waals surface area contributed by atoms with E-state index in [0.717, 1.165) is 0 Å². The van der Waals surface area contributed by atoms with Crippen molar-refractivity contribution in [1.82, 2.24) is 4.90 Å². The predicted molar refractivity (Wildman–Crippen MR) is 96.4 cm³/mol. The lowest BCUT2D eigenvalue weighted by molar-refractivity contribution is -0.0602. The van der Waals surface area contributed by atoms with Crippen molar-refractivity contribution in [3.63, 3.8) is 0 Å². The number of rotatable bonds is 22. The average molecular weight is 383 g/mol. The summed E-state index contributed by atoms with van der Waals surface area (Å²) in [6.07, 6.45) is 0. The maximum atomic E-state index is 5.48. The highest BCUT2D eigenvalue weighted by Crippen LogP contribution is 1.88. The smallest absolute Gasteiger partial charge is 0.101 e. The molecule has 0 amide bonds. The Balaban J connectivity index is 3.12. The van der Waals surface area contributed by atoms with Crippen LogP contribution >= 0.6 is 0 Å². The third-order valence-corrected chi connectivity index (χ3v) is 2.97. The van der Waals surface area contributed by atoms with Crippen LogP contribution in [0, 0.1) is 0 Å². The van der Waals surface area contributed by atoms with Gasteiger partial charge in [-0.05, 0) is 7.05 Å². The van der Waals surface area contributed by atoms with Gasteiger partial charge in [0.2, 0.25) is 0 Å². The quantitative estimate of drug-likeness (QED) is 0.193. The second-order valence-corrected chi connectivity index (χ2v) is 5.37. The average Bonchev–Trinajstić information content (AvgIpc) is 2.64. The van der Waals surface area contributed by atoms with Crippen LogP contribution < -0.4 is 0 Å². The third kappa shape index (κ3) is 21.7. The predicted octanol–water partition coefficient (Wildman–Crippen LogP) is 0.226. The van der Waals surface area contributed by atoms with Crippen LogP contribution in [0.25, 0.3) is 0 Å². The number of ether oxygens (including phenoxy) is 8. The SMILES string of the molecule is COCCOCCOCCOCN(C)COCCOCCOCCOC. The zero-order chi connectivity index (χ0) is 19.1. The van der Waals surface area contributed by atoms with Crippen LogP contribution in [-0.4, -0.2) is 119 Å². The molecule has 26 heavy (non-hydrogen) atoms. The summed E-state index contributed by atoms with van der Waals surface area (Å²) in [6, 6.07) is 0. The van der Waals surface area contributed by atoms with Crippen LogP contribution in [0.3, 0.4) is 0 Å². The molecule has 0 aliphatic carbocycles. The van der Waals surface area contributed by atoms with E-state index in [0.29, 0.717) is 92.7 Å². The zero-order valence-electron chi connectivity index (χ0n) is 16.6. The lowest BCUT2D eigenvalue weighted by atomic mass is 10.7. The minimum atomic E-state index is 0.488. The minimum Gasteiger partial charge on any atom is -0.382 e. The highest BCUT2D eigenvalue weighted by molar-refractivity contribution is 4.38. The van der Waals surface area contributed by atoms with Crippen molar-refractivity contribution in [1.29, 1.82) is 0 Å². The normalized spacial score (nSPS) is 11.5. The monoisotopic (exact) mass is 383 g/mol. The molecule has 0 saturated carbocycles. The van der Waals surface area contributed by atoms with Crippen molar-refractivity contribution in [2.24, 2.45) is 0 Å². The topological polar surface area (TPSA) is 77.1 Å². The Morgan fingerprint density at radius 2 is 0.692 bits per heavy atom. The second kappa shape index (κ2) is 22.7. The van der Waals surface area contributed by atoms with Crippen molar-refractivity contribution in [2.45, 2.75) is 0 Å². The lowest BCUT2D eigenvalue weighted by Gasteiger charge is -2.17. The van der Waals surface area contributed by atoms with E-state index in [-0.39, 0.29) is 0 Å². The molecule has 0 aliphatic rings. The van der Waals surface area contributed by atoms with Gasteiger partial charge in [0.15, 0.2) is 0 Å². The van der Waals surface area contributed by atoms with Gasteiger partial charge in [-0.25, -0.2) is 0 Å². The van der Waals surface area contributed by atoms with Gasteiger partial charge in [0.25, 0.3) is 0 Å².